The second-order valence-electron chi connectivity index (χ2n) is 5.50. The molecule has 18 heavy (non-hydrogen) atoms. The fraction of sp³-hybridized carbons (Fsp3) is 0.625. The van der Waals surface area contributed by atoms with Crippen LogP contribution in [-0.2, 0) is 0 Å². The molecule has 1 aromatic rings. The maximum Gasteiger partial charge on any atom is 0.120 e. The van der Waals surface area contributed by atoms with E-state index in [1.54, 1.807) is 0 Å². The minimum Gasteiger partial charge on any atom is -0.490 e. The lowest BCUT2D eigenvalue weighted by Crippen LogP contribution is -2.28. The molecule has 3 atom stereocenters. The van der Waals surface area contributed by atoms with E-state index in [1.807, 2.05) is 7.05 Å². The number of ether oxygens (including phenoxy) is 1. The van der Waals surface area contributed by atoms with Gasteiger partial charge in [0.15, 0.2) is 0 Å². The first-order valence-electron chi connectivity index (χ1n) is 7.14. The first-order valence-corrected chi connectivity index (χ1v) is 7.14. The Morgan fingerprint density at radius 2 is 2.06 bits per heavy atom. The number of benzene rings is 1. The van der Waals surface area contributed by atoms with Gasteiger partial charge in [0.05, 0.1) is 0 Å². The molecule has 1 fully saturated rings. The molecule has 1 aliphatic carbocycles. The number of rotatable bonds is 4. The van der Waals surface area contributed by atoms with Gasteiger partial charge in [0, 0.05) is 6.04 Å². The molecule has 0 radical (unpaired) electrons. The minimum absolute atomic E-state index is 0.373. The van der Waals surface area contributed by atoms with Crippen LogP contribution in [-0.4, -0.2) is 13.2 Å². The molecule has 2 nitrogen and oxygen atoms in total. The molecule has 2 heteroatoms. The van der Waals surface area contributed by atoms with Crippen molar-refractivity contribution in [1.29, 1.82) is 0 Å². The highest BCUT2D eigenvalue weighted by Crippen LogP contribution is 2.29. The van der Waals surface area contributed by atoms with Crippen LogP contribution >= 0.6 is 0 Å². The predicted octanol–water partition coefficient (Wildman–Crippen LogP) is 3.92. The van der Waals surface area contributed by atoms with Crippen molar-refractivity contribution < 1.29 is 4.74 Å². The van der Waals surface area contributed by atoms with Crippen molar-refractivity contribution in [2.45, 2.75) is 51.7 Å². The lowest BCUT2D eigenvalue weighted by Gasteiger charge is -2.29. The van der Waals surface area contributed by atoms with Gasteiger partial charge in [-0.05, 0) is 56.8 Å². The van der Waals surface area contributed by atoms with Crippen molar-refractivity contribution >= 4 is 0 Å². The van der Waals surface area contributed by atoms with E-state index in [1.165, 1.54) is 31.2 Å². The molecule has 3 unspecified atom stereocenters. The second kappa shape index (κ2) is 6.24. The summed E-state index contributed by atoms with van der Waals surface area (Å²) in [5.41, 5.74) is 1.29. The van der Waals surface area contributed by atoms with Gasteiger partial charge in [0.1, 0.15) is 11.9 Å². The van der Waals surface area contributed by atoms with Gasteiger partial charge in [-0.3, -0.25) is 0 Å². The largest absolute Gasteiger partial charge is 0.490 e. The topological polar surface area (TPSA) is 21.3 Å². The third-order valence-electron chi connectivity index (χ3n) is 4.11. The minimum atomic E-state index is 0.373. The lowest BCUT2D eigenvalue weighted by atomic mass is 9.88. The fourth-order valence-electron chi connectivity index (χ4n) is 2.66. The Hall–Kier alpha value is -1.02. The Labute approximate surface area is 111 Å². The zero-order chi connectivity index (χ0) is 13.0. The van der Waals surface area contributed by atoms with Crippen LogP contribution in [0.15, 0.2) is 24.3 Å². The number of nitrogens with one attached hydrogen (secondary N) is 1. The molecule has 0 saturated heterocycles. The summed E-state index contributed by atoms with van der Waals surface area (Å²) in [5, 5.41) is 3.27. The monoisotopic (exact) mass is 247 g/mol. The van der Waals surface area contributed by atoms with Gasteiger partial charge < -0.3 is 10.1 Å². The zero-order valence-corrected chi connectivity index (χ0v) is 11.8. The quantitative estimate of drug-likeness (QED) is 0.870. The van der Waals surface area contributed by atoms with E-state index in [2.05, 4.69) is 43.4 Å². The van der Waals surface area contributed by atoms with Gasteiger partial charge in [-0.25, -0.2) is 0 Å². The summed E-state index contributed by atoms with van der Waals surface area (Å²) >= 11 is 0. The average Bonchev–Trinajstić information content (AvgIpc) is 2.41. The molecule has 0 aromatic heterocycles. The number of hydrogen-bond acceptors (Lipinski definition) is 2. The molecule has 0 heterocycles. The Morgan fingerprint density at radius 3 is 2.78 bits per heavy atom. The van der Waals surface area contributed by atoms with Crippen LogP contribution in [0.4, 0.5) is 0 Å². The predicted molar refractivity (Wildman–Crippen MR) is 76.0 cm³/mol. The highest BCUT2D eigenvalue weighted by molar-refractivity contribution is 5.30. The van der Waals surface area contributed by atoms with E-state index >= 15 is 0 Å². The van der Waals surface area contributed by atoms with Crippen molar-refractivity contribution in [1.82, 2.24) is 5.32 Å². The highest BCUT2D eigenvalue weighted by atomic mass is 16.5. The van der Waals surface area contributed by atoms with Crippen LogP contribution < -0.4 is 10.1 Å². The van der Waals surface area contributed by atoms with Gasteiger partial charge in [-0.1, -0.05) is 25.5 Å². The molecule has 0 bridgehead atoms. The van der Waals surface area contributed by atoms with E-state index in [0.717, 1.165) is 5.75 Å². The van der Waals surface area contributed by atoms with E-state index in [9.17, 15) is 0 Å². The molecule has 0 spiro atoms. The van der Waals surface area contributed by atoms with Gasteiger partial charge in [0.25, 0.3) is 0 Å². The van der Waals surface area contributed by atoms with Crippen molar-refractivity contribution in [2.24, 2.45) is 5.92 Å². The molecule has 1 N–H and O–H groups in total. The van der Waals surface area contributed by atoms with Crippen LogP contribution in [0.5, 0.6) is 5.75 Å². The highest BCUT2D eigenvalue weighted by Gasteiger charge is 2.22. The first-order chi connectivity index (χ1) is 8.70. The molecular weight excluding hydrogens is 222 g/mol. The zero-order valence-electron chi connectivity index (χ0n) is 11.8. The Balaban J connectivity index is 2.04. The van der Waals surface area contributed by atoms with Crippen molar-refractivity contribution in [2.75, 3.05) is 7.05 Å². The van der Waals surface area contributed by atoms with Crippen LogP contribution in [0.3, 0.4) is 0 Å². The summed E-state index contributed by atoms with van der Waals surface area (Å²) in [6.45, 7) is 4.48. The Bertz CT molecular complexity index is 377. The smallest absolute Gasteiger partial charge is 0.120 e. The maximum absolute atomic E-state index is 6.18. The van der Waals surface area contributed by atoms with Gasteiger partial charge in [0.2, 0.25) is 0 Å². The fourth-order valence-corrected chi connectivity index (χ4v) is 2.66. The summed E-state index contributed by atoms with van der Waals surface area (Å²) in [4.78, 5) is 0. The van der Waals surface area contributed by atoms with Crippen LogP contribution in [0.2, 0.25) is 0 Å². The summed E-state index contributed by atoms with van der Waals surface area (Å²) in [6.07, 6.45) is 5.57. The van der Waals surface area contributed by atoms with Crippen molar-refractivity contribution in [3.05, 3.63) is 29.8 Å². The SMILES string of the molecule is CNC(C)c1cccc(OC2CCCCC2C)c1. The van der Waals surface area contributed by atoms with E-state index in [-0.39, 0.29) is 0 Å². The van der Waals surface area contributed by atoms with Crippen LogP contribution in [0.25, 0.3) is 0 Å². The van der Waals surface area contributed by atoms with Gasteiger partial charge in [-0.15, -0.1) is 0 Å². The number of hydrogen-bond donors (Lipinski definition) is 1. The normalized spacial score (nSPS) is 25.7. The van der Waals surface area contributed by atoms with Gasteiger partial charge >= 0.3 is 0 Å². The first kappa shape index (κ1) is 13.4. The summed E-state index contributed by atoms with van der Waals surface area (Å²) in [6, 6.07) is 8.86. The molecule has 100 valence electrons. The average molecular weight is 247 g/mol. The maximum atomic E-state index is 6.18. The summed E-state index contributed by atoms with van der Waals surface area (Å²) in [5.74, 6) is 1.71. The summed E-state index contributed by atoms with van der Waals surface area (Å²) < 4.78 is 6.18. The molecule has 1 aliphatic rings. The van der Waals surface area contributed by atoms with Crippen molar-refractivity contribution in [3.8, 4) is 5.75 Å². The molecule has 2 rings (SSSR count). The Kier molecular flexibility index (Phi) is 4.65. The molecule has 1 aromatic carbocycles. The lowest BCUT2D eigenvalue weighted by molar-refractivity contribution is 0.102. The molecule has 1 saturated carbocycles. The molecular formula is C16H25NO. The third kappa shape index (κ3) is 3.26. The van der Waals surface area contributed by atoms with E-state index < -0.39 is 0 Å². The van der Waals surface area contributed by atoms with E-state index in [4.69, 9.17) is 4.74 Å². The van der Waals surface area contributed by atoms with Crippen LogP contribution in [0.1, 0.15) is 51.1 Å². The standard InChI is InChI=1S/C16H25NO/c1-12-7-4-5-10-16(12)18-15-9-6-8-14(11-15)13(2)17-3/h6,8-9,11-13,16-17H,4-5,7,10H2,1-3H3. The van der Waals surface area contributed by atoms with Crippen molar-refractivity contribution in [3.63, 3.8) is 0 Å². The van der Waals surface area contributed by atoms with Gasteiger partial charge in [-0.2, -0.15) is 0 Å². The Morgan fingerprint density at radius 1 is 1.28 bits per heavy atom. The molecule has 0 amide bonds. The molecule has 0 aliphatic heterocycles. The van der Waals surface area contributed by atoms with E-state index in [0.29, 0.717) is 18.1 Å². The second-order valence-corrected chi connectivity index (χ2v) is 5.50. The summed E-state index contributed by atoms with van der Waals surface area (Å²) in [7, 11) is 1.99. The third-order valence-corrected chi connectivity index (χ3v) is 4.11. The van der Waals surface area contributed by atoms with Crippen LogP contribution in [0, 0.1) is 5.92 Å².